The van der Waals surface area contributed by atoms with Crippen molar-refractivity contribution in [3.63, 3.8) is 0 Å². The molecule has 112 valence electrons. The van der Waals surface area contributed by atoms with Crippen molar-refractivity contribution in [2.45, 2.75) is 19.9 Å². The maximum absolute atomic E-state index is 11.9. The summed E-state index contributed by atoms with van der Waals surface area (Å²) in [6, 6.07) is 0.354. The van der Waals surface area contributed by atoms with Crippen LogP contribution in [0.25, 0.3) is 0 Å². The van der Waals surface area contributed by atoms with Crippen LogP contribution in [0.2, 0.25) is 0 Å². The number of nitrogens with one attached hydrogen (secondary N) is 2. The first-order chi connectivity index (χ1) is 9.79. The second-order valence-corrected chi connectivity index (χ2v) is 4.45. The lowest BCUT2D eigenvalue weighted by molar-refractivity contribution is -0.134. The molecule has 0 bridgehead atoms. The van der Waals surface area contributed by atoms with Gasteiger partial charge < -0.3 is 24.7 Å². The van der Waals surface area contributed by atoms with E-state index in [1.54, 1.807) is 0 Å². The average molecular weight is 283 g/mol. The number of anilines is 1. The lowest BCUT2D eigenvalue weighted by Gasteiger charge is -2.26. The third kappa shape index (κ3) is 4.46. The largest absolute Gasteiger partial charge is 0.407 e. The number of nitrogens with zero attached hydrogens (tertiary/aromatic N) is 3. The van der Waals surface area contributed by atoms with E-state index in [9.17, 15) is 4.79 Å². The van der Waals surface area contributed by atoms with Crippen LogP contribution in [0, 0.1) is 0 Å². The van der Waals surface area contributed by atoms with E-state index in [-0.39, 0.29) is 5.91 Å². The highest BCUT2D eigenvalue weighted by molar-refractivity contribution is 5.76. The molecule has 2 heterocycles. The van der Waals surface area contributed by atoms with E-state index in [2.05, 4.69) is 20.8 Å². The number of hydrogen-bond acceptors (Lipinski definition) is 7. The zero-order chi connectivity index (χ0) is 14.2. The molecular weight excluding hydrogens is 262 g/mol. The fourth-order valence-corrected chi connectivity index (χ4v) is 1.88. The Kier molecular flexibility index (Phi) is 5.75. The van der Waals surface area contributed by atoms with Crippen LogP contribution >= 0.6 is 0 Å². The maximum atomic E-state index is 11.9. The van der Waals surface area contributed by atoms with Gasteiger partial charge in [-0.2, -0.15) is 0 Å². The first-order valence-corrected chi connectivity index (χ1v) is 6.92. The number of hydrogen-bond donors (Lipinski definition) is 2. The van der Waals surface area contributed by atoms with Gasteiger partial charge in [-0.25, -0.2) is 0 Å². The first kappa shape index (κ1) is 14.7. The molecule has 1 saturated heterocycles. The summed E-state index contributed by atoms with van der Waals surface area (Å²) in [5.74, 6) is 0.655. The van der Waals surface area contributed by atoms with Crippen molar-refractivity contribution >= 4 is 11.9 Å². The fraction of sp³-hybridized carbons (Fsp3) is 0.750. The lowest BCUT2D eigenvalue weighted by Crippen LogP contribution is -2.41. The summed E-state index contributed by atoms with van der Waals surface area (Å²) in [6.45, 7) is 6.48. The zero-order valence-corrected chi connectivity index (χ0v) is 11.7. The molecule has 0 radical (unpaired) electrons. The Morgan fingerprint density at radius 2 is 2.15 bits per heavy atom. The van der Waals surface area contributed by atoms with E-state index in [0.29, 0.717) is 57.7 Å². The summed E-state index contributed by atoms with van der Waals surface area (Å²) < 4.78 is 10.6. The molecule has 1 aliphatic rings. The molecule has 8 nitrogen and oxygen atoms in total. The summed E-state index contributed by atoms with van der Waals surface area (Å²) >= 11 is 0. The van der Waals surface area contributed by atoms with Gasteiger partial charge in [0.15, 0.2) is 0 Å². The van der Waals surface area contributed by atoms with Crippen molar-refractivity contribution in [2.24, 2.45) is 0 Å². The highest BCUT2D eigenvalue weighted by Gasteiger charge is 2.16. The second kappa shape index (κ2) is 7.81. The van der Waals surface area contributed by atoms with Gasteiger partial charge >= 0.3 is 6.01 Å². The lowest BCUT2D eigenvalue weighted by atomic mass is 10.3. The molecule has 0 aromatic carbocycles. The van der Waals surface area contributed by atoms with Gasteiger partial charge in [0, 0.05) is 26.1 Å². The SMILES string of the molecule is CCNCc1nnc(NCCC(=O)N2CCOCC2)o1. The van der Waals surface area contributed by atoms with E-state index >= 15 is 0 Å². The minimum Gasteiger partial charge on any atom is -0.407 e. The van der Waals surface area contributed by atoms with Crippen LogP contribution in [-0.2, 0) is 16.1 Å². The van der Waals surface area contributed by atoms with Crippen molar-refractivity contribution in [3.05, 3.63) is 5.89 Å². The number of aromatic nitrogens is 2. The molecule has 2 N–H and O–H groups in total. The number of carbonyl (C=O) groups excluding carboxylic acids is 1. The third-order valence-corrected chi connectivity index (χ3v) is 2.97. The van der Waals surface area contributed by atoms with Gasteiger partial charge in [0.25, 0.3) is 0 Å². The van der Waals surface area contributed by atoms with Gasteiger partial charge in [0.2, 0.25) is 11.8 Å². The van der Waals surface area contributed by atoms with Crippen LogP contribution in [0.5, 0.6) is 0 Å². The highest BCUT2D eigenvalue weighted by atomic mass is 16.5. The van der Waals surface area contributed by atoms with E-state index in [1.807, 2.05) is 11.8 Å². The highest BCUT2D eigenvalue weighted by Crippen LogP contribution is 2.06. The Bertz CT molecular complexity index is 417. The number of morpholine rings is 1. The molecule has 2 rings (SSSR count). The summed E-state index contributed by atoms with van der Waals surface area (Å²) in [7, 11) is 0. The molecule has 1 amide bonds. The molecule has 1 aromatic rings. The molecule has 1 aromatic heterocycles. The molecule has 8 heteroatoms. The predicted molar refractivity (Wildman–Crippen MR) is 72.2 cm³/mol. The Morgan fingerprint density at radius 3 is 2.90 bits per heavy atom. The summed E-state index contributed by atoms with van der Waals surface area (Å²) in [4.78, 5) is 13.7. The number of rotatable bonds is 7. The average Bonchev–Trinajstić information content (AvgIpc) is 2.94. The first-order valence-electron chi connectivity index (χ1n) is 6.92. The molecule has 0 aliphatic carbocycles. The normalized spacial score (nSPS) is 15.3. The van der Waals surface area contributed by atoms with Gasteiger partial charge in [-0.05, 0) is 6.54 Å². The van der Waals surface area contributed by atoms with Crippen LogP contribution in [-0.4, -0.2) is 60.4 Å². The molecule has 1 aliphatic heterocycles. The zero-order valence-electron chi connectivity index (χ0n) is 11.7. The van der Waals surface area contributed by atoms with Crippen LogP contribution in [0.15, 0.2) is 4.42 Å². The number of ether oxygens (including phenoxy) is 1. The molecule has 0 unspecified atom stereocenters. The summed E-state index contributed by atoms with van der Waals surface area (Å²) in [5, 5.41) is 13.8. The van der Waals surface area contributed by atoms with Crippen LogP contribution < -0.4 is 10.6 Å². The standard InChI is InChI=1S/C12H21N5O3/c1-2-13-9-10-15-16-12(20-10)14-4-3-11(18)17-5-7-19-8-6-17/h13H,2-9H2,1H3,(H,14,16). The fourth-order valence-electron chi connectivity index (χ4n) is 1.88. The number of carbonyl (C=O) groups is 1. The number of amides is 1. The third-order valence-electron chi connectivity index (χ3n) is 2.97. The van der Waals surface area contributed by atoms with Crippen LogP contribution in [0.1, 0.15) is 19.2 Å². The topological polar surface area (TPSA) is 92.5 Å². The predicted octanol–water partition coefficient (Wildman–Crippen LogP) is -0.160. The van der Waals surface area contributed by atoms with Gasteiger partial charge in [-0.15, -0.1) is 5.10 Å². The quantitative estimate of drug-likeness (QED) is 0.718. The van der Waals surface area contributed by atoms with E-state index in [0.717, 1.165) is 6.54 Å². The minimum atomic E-state index is 0.119. The van der Waals surface area contributed by atoms with Crippen LogP contribution in [0.4, 0.5) is 6.01 Å². The van der Waals surface area contributed by atoms with Crippen molar-refractivity contribution in [3.8, 4) is 0 Å². The minimum absolute atomic E-state index is 0.119. The molecule has 0 spiro atoms. The van der Waals surface area contributed by atoms with Gasteiger partial charge in [0.05, 0.1) is 19.8 Å². The Balaban J connectivity index is 1.67. The Labute approximate surface area is 117 Å². The van der Waals surface area contributed by atoms with Gasteiger partial charge in [-0.1, -0.05) is 12.0 Å². The van der Waals surface area contributed by atoms with Crippen molar-refractivity contribution in [1.29, 1.82) is 0 Å². The van der Waals surface area contributed by atoms with Crippen molar-refractivity contribution in [2.75, 3.05) is 44.7 Å². The van der Waals surface area contributed by atoms with Crippen LogP contribution in [0.3, 0.4) is 0 Å². The molecule has 0 atom stereocenters. The van der Waals surface area contributed by atoms with Gasteiger partial charge in [0.1, 0.15) is 0 Å². The van der Waals surface area contributed by atoms with E-state index < -0.39 is 0 Å². The summed E-state index contributed by atoms with van der Waals surface area (Å²) in [6.07, 6.45) is 0.408. The molecule has 0 saturated carbocycles. The second-order valence-electron chi connectivity index (χ2n) is 4.45. The van der Waals surface area contributed by atoms with Gasteiger partial charge in [-0.3, -0.25) is 4.79 Å². The Hall–Kier alpha value is -1.67. The van der Waals surface area contributed by atoms with Crippen molar-refractivity contribution < 1.29 is 13.9 Å². The Morgan fingerprint density at radius 1 is 1.35 bits per heavy atom. The summed E-state index contributed by atoms with van der Waals surface area (Å²) in [5.41, 5.74) is 0. The molecule has 20 heavy (non-hydrogen) atoms. The molecule has 1 fully saturated rings. The monoisotopic (exact) mass is 283 g/mol. The molecular formula is C12H21N5O3. The van der Waals surface area contributed by atoms with E-state index in [1.165, 1.54) is 0 Å². The van der Waals surface area contributed by atoms with Crippen molar-refractivity contribution in [1.82, 2.24) is 20.4 Å². The van der Waals surface area contributed by atoms with E-state index in [4.69, 9.17) is 9.15 Å². The smallest absolute Gasteiger partial charge is 0.315 e. The maximum Gasteiger partial charge on any atom is 0.315 e.